The van der Waals surface area contributed by atoms with Gasteiger partial charge in [-0.15, -0.1) is 0 Å². The molecule has 1 amide bonds. The van der Waals surface area contributed by atoms with Crippen LogP contribution in [0, 0.1) is 0 Å². The number of piperazine rings is 1. The Labute approximate surface area is 116 Å². The lowest BCUT2D eigenvalue weighted by atomic mass is 9.96. The molecule has 19 heavy (non-hydrogen) atoms. The van der Waals surface area contributed by atoms with Gasteiger partial charge in [0.15, 0.2) is 0 Å². The smallest absolute Gasteiger partial charge is 0.237 e. The highest BCUT2D eigenvalue weighted by atomic mass is 16.1. The predicted molar refractivity (Wildman–Crippen MR) is 76.9 cm³/mol. The summed E-state index contributed by atoms with van der Waals surface area (Å²) >= 11 is 0. The molecule has 1 saturated heterocycles. The Morgan fingerprint density at radius 2 is 1.95 bits per heavy atom. The molecule has 1 saturated carbocycles. The van der Waals surface area contributed by atoms with Crippen molar-refractivity contribution in [3.63, 3.8) is 0 Å². The monoisotopic (exact) mass is 268 g/mol. The van der Waals surface area contributed by atoms with E-state index in [1.807, 2.05) is 13.8 Å². The summed E-state index contributed by atoms with van der Waals surface area (Å²) in [5, 5.41) is 3.22. The average Bonchev–Trinajstić information content (AvgIpc) is 3.21. The summed E-state index contributed by atoms with van der Waals surface area (Å²) in [6.07, 6.45) is 3.57. The molecule has 2 rings (SSSR count). The summed E-state index contributed by atoms with van der Waals surface area (Å²) < 4.78 is 0. The second-order valence-corrected chi connectivity index (χ2v) is 6.09. The first-order valence-corrected chi connectivity index (χ1v) is 7.56. The summed E-state index contributed by atoms with van der Waals surface area (Å²) in [5.41, 5.74) is 4.95. The van der Waals surface area contributed by atoms with Crippen molar-refractivity contribution in [1.29, 1.82) is 0 Å². The van der Waals surface area contributed by atoms with E-state index in [4.69, 9.17) is 5.73 Å². The van der Waals surface area contributed by atoms with E-state index in [0.717, 1.165) is 38.6 Å². The zero-order chi connectivity index (χ0) is 13.9. The highest BCUT2D eigenvalue weighted by molar-refractivity contribution is 5.84. The maximum absolute atomic E-state index is 11.6. The molecule has 5 nitrogen and oxygen atoms in total. The summed E-state index contributed by atoms with van der Waals surface area (Å²) in [6, 6.07) is 0.875. The maximum atomic E-state index is 11.6. The third kappa shape index (κ3) is 3.91. The number of carbonyl (C=O) groups excluding carboxylic acids is 1. The van der Waals surface area contributed by atoms with E-state index in [1.165, 1.54) is 25.9 Å². The number of primary amides is 1. The Bertz CT molecular complexity index is 311. The third-order valence-corrected chi connectivity index (χ3v) is 4.51. The lowest BCUT2D eigenvalue weighted by Crippen LogP contribution is -2.55. The Kier molecular flexibility index (Phi) is 4.81. The van der Waals surface area contributed by atoms with Crippen LogP contribution in [0.15, 0.2) is 0 Å². The van der Waals surface area contributed by atoms with Gasteiger partial charge in [-0.05, 0) is 32.7 Å². The first-order chi connectivity index (χ1) is 9.05. The standard InChI is InChI=1S/C14H28N4O/c1-3-16-14(2,13(15)19)6-7-17-8-10-18(11-9-17)12-4-5-12/h12,16H,3-11H2,1-2H3,(H2,15,19). The Morgan fingerprint density at radius 1 is 1.32 bits per heavy atom. The molecule has 2 fully saturated rings. The molecule has 1 atom stereocenters. The molecule has 1 aliphatic heterocycles. The molecule has 110 valence electrons. The maximum Gasteiger partial charge on any atom is 0.237 e. The lowest BCUT2D eigenvalue weighted by Gasteiger charge is -2.36. The van der Waals surface area contributed by atoms with Crippen molar-refractivity contribution in [1.82, 2.24) is 15.1 Å². The first-order valence-electron chi connectivity index (χ1n) is 7.56. The number of nitrogens with zero attached hydrogens (tertiary/aromatic N) is 2. The van der Waals surface area contributed by atoms with Gasteiger partial charge in [-0.1, -0.05) is 6.92 Å². The summed E-state index contributed by atoms with van der Waals surface area (Å²) in [7, 11) is 0. The fourth-order valence-electron chi connectivity index (χ4n) is 2.86. The minimum atomic E-state index is -0.567. The van der Waals surface area contributed by atoms with Gasteiger partial charge < -0.3 is 16.0 Å². The van der Waals surface area contributed by atoms with Crippen molar-refractivity contribution in [3.8, 4) is 0 Å². The molecule has 5 heteroatoms. The summed E-state index contributed by atoms with van der Waals surface area (Å²) in [5.74, 6) is -0.244. The minimum Gasteiger partial charge on any atom is -0.368 e. The summed E-state index contributed by atoms with van der Waals surface area (Å²) in [6.45, 7) is 10.3. The van der Waals surface area contributed by atoms with Crippen LogP contribution < -0.4 is 11.1 Å². The van der Waals surface area contributed by atoms with Gasteiger partial charge in [0, 0.05) is 38.8 Å². The van der Waals surface area contributed by atoms with E-state index >= 15 is 0 Å². The SMILES string of the molecule is CCNC(C)(CCN1CCN(C2CC2)CC1)C(N)=O. The molecule has 0 aromatic heterocycles. The van der Waals surface area contributed by atoms with Crippen LogP contribution in [0.4, 0.5) is 0 Å². The van der Waals surface area contributed by atoms with Gasteiger partial charge in [0.25, 0.3) is 0 Å². The van der Waals surface area contributed by atoms with Crippen LogP contribution in [0.2, 0.25) is 0 Å². The van der Waals surface area contributed by atoms with Crippen molar-refractivity contribution in [2.24, 2.45) is 5.73 Å². The van der Waals surface area contributed by atoms with E-state index < -0.39 is 5.54 Å². The lowest BCUT2D eigenvalue weighted by molar-refractivity contribution is -0.124. The number of nitrogens with one attached hydrogen (secondary N) is 1. The molecule has 0 bridgehead atoms. The fourth-order valence-corrected chi connectivity index (χ4v) is 2.86. The predicted octanol–water partition coefficient (Wildman–Crippen LogP) is 0.0100. The second-order valence-electron chi connectivity index (χ2n) is 6.09. The molecule has 0 spiro atoms. The van der Waals surface area contributed by atoms with Crippen LogP contribution in [0.1, 0.15) is 33.1 Å². The van der Waals surface area contributed by atoms with Crippen molar-refractivity contribution in [2.75, 3.05) is 39.3 Å². The van der Waals surface area contributed by atoms with Crippen LogP contribution in [-0.4, -0.2) is 66.6 Å². The molecule has 2 aliphatic rings. The number of nitrogens with two attached hydrogens (primary N) is 1. The number of hydrogen-bond acceptors (Lipinski definition) is 4. The van der Waals surface area contributed by atoms with Crippen LogP contribution >= 0.6 is 0 Å². The zero-order valence-corrected chi connectivity index (χ0v) is 12.3. The second kappa shape index (κ2) is 6.20. The molecule has 1 heterocycles. The number of hydrogen-bond donors (Lipinski definition) is 2. The van der Waals surface area contributed by atoms with Crippen molar-refractivity contribution in [3.05, 3.63) is 0 Å². The zero-order valence-electron chi connectivity index (χ0n) is 12.3. The topological polar surface area (TPSA) is 61.6 Å². The van der Waals surface area contributed by atoms with Gasteiger partial charge in [-0.2, -0.15) is 0 Å². The van der Waals surface area contributed by atoms with Crippen molar-refractivity contribution >= 4 is 5.91 Å². The summed E-state index contributed by atoms with van der Waals surface area (Å²) in [4.78, 5) is 16.6. The van der Waals surface area contributed by atoms with E-state index in [-0.39, 0.29) is 5.91 Å². The molecular weight excluding hydrogens is 240 g/mol. The molecule has 0 aromatic carbocycles. The van der Waals surface area contributed by atoms with E-state index in [0.29, 0.717) is 0 Å². The van der Waals surface area contributed by atoms with Crippen LogP contribution in [0.3, 0.4) is 0 Å². The van der Waals surface area contributed by atoms with Crippen molar-refractivity contribution < 1.29 is 4.79 Å². The van der Waals surface area contributed by atoms with E-state index in [9.17, 15) is 4.79 Å². The Balaban J connectivity index is 1.73. The first kappa shape index (κ1) is 14.8. The molecule has 0 aromatic rings. The Hall–Kier alpha value is -0.650. The molecule has 0 radical (unpaired) electrons. The highest BCUT2D eigenvalue weighted by Gasteiger charge is 2.33. The molecule has 1 aliphatic carbocycles. The molecule has 1 unspecified atom stereocenters. The van der Waals surface area contributed by atoms with Crippen molar-refractivity contribution in [2.45, 2.75) is 44.7 Å². The van der Waals surface area contributed by atoms with Gasteiger partial charge in [-0.3, -0.25) is 9.69 Å². The van der Waals surface area contributed by atoms with Gasteiger partial charge in [0.2, 0.25) is 5.91 Å². The van der Waals surface area contributed by atoms with Gasteiger partial charge in [0.05, 0.1) is 5.54 Å². The van der Waals surface area contributed by atoms with Gasteiger partial charge >= 0.3 is 0 Å². The molecular formula is C14H28N4O. The largest absolute Gasteiger partial charge is 0.368 e. The van der Waals surface area contributed by atoms with E-state index in [2.05, 4.69) is 15.1 Å². The van der Waals surface area contributed by atoms with Crippen LogP contribution in [0.5, 0.6) is 0 Å². The third-order valence-electron chi connectivity index (χ3n) is 4.51. The number of rotatable bonds is 7. The van der Waals surface area contributed by atoms with Crippen LogP contribution in [0.25, 0.3) is 0 Å². The van der Waals surface area contributed by atoms with E-state index in [1.54, 1.807) is 0 Å². The van der Waals surface area contributed by atoms with Crippen LogP contribution in [-0.2, 0) is 4.79 Å². The Morgan fingerprint density at radius 3 is 2.42 bits per heavy atom. The quantitative estimate of drug-likeness (QED) is 0.683. The van der Waals surface area contributed by atoms with Gasteiger partial charge in [0.1, 0.15) is 0 Å². The normalized spacial score (nSPS) is 25.2. The minimum absolute atomic E-state index is 0.244. The fraction of sp³-hybridized carbons (Fsp3) is 0.929. The molecule has 3 N–H and O–H groups in total. The number of amides is 1. The number of carbonyl (C=O) groups is 1. The van der Waals surface area contributed by atoms with Gasteiger partial charge in [-0.25, -0.2) is 0 Å². The highest BCUT2D eigenvalue weighted by Crippen LogP contribution is 2.27. The number of likely N-dealkylation sites (N-methyl/N-ethyl adjacent to an activating group) is 1. The average molecular weight is 268 g/mol.